The standard InChI is InChI=1S/C18H16F3N9O6S2/c1-8-24-25-13-5-2-9(6-30(8)13)10-3-4-11(15(38(23,34)35)14(10)16-26-28-29-27-16)37(32,33)7-12(22)36-17(31)18(19,20)21/h2-6,12H,7,22H2,1H3,(H2,23,34,35)(H,26,27,28,29). The number of carbonyl (C=O) groups excluding carboxylic acids is 1. The minimum Gasteiger partial charge on any atom is -0.439 e. The van der Waals surface area contributed by atoms with Gasteiger partial charge in [0.25, 0.3) is 0 Å². The Morgan fingerprint density at radius 3 is 2.45 bits per heavy atom. The van der Waals surface area contributed by atoms with Crippen molar-refractivity contribution in [2.24, 2.45) is 10.9 Å². The molecule has 5 N–H and O–H groups in total. The van der Waals surface area contributed by atoms with E-state index in [4.69, 9.17) is 10.9 Å². The predicted octanol–water partition coefficient (Wildman–Crippen LogP) is -0.304. The molecule has 0 amide bonds. The van der Waals surface area contributed by atoms with Crippen LogP contribution in [0, 0.1) is 6.92 Å². The van der Waals surface area contributed by atoms with E-state index in [9.17, 15) is 34.8 Å². The molecule has 3 heterocycles. The Kier molecular flexibility index (Phi) is 6.67. The van der Waals surface area contributed by atoms with Gasteiger partial charge in [0.05, 0.1) is 10.5 Å². The number of hydrogen-bond acceptors (Lipinski definition) is 12. The number of nitrogens with one attached hydrogen (secondary N) is 1. The number of sulfone groups is 1. The van der Waals surface area contributed by atoms with Crippen LogP contribution in [0.2, 0.25) is 0 Å². The molecule has 0 saturated carbocycles. The summed E-state index contributed by atoms with van der Waals surface area (Å²) in [5.74, 6) is -4.02. The zero-order valence-corrected chi connectivity index (χ0v) is 20.5. The van der Waals surface area contributed by atoms with Crippen molar-refractivity contribution in [3.63, 3.8) is 0 Å². The fourth-order valence-corrected chi connectivity index (χ4v) is 6.43. The topological polar surface area (TPSA) is 231 Å². The van der Waals surface area contributed by atoms with Crippen LogP contribution in [0.1, 0.15) is 5.82 Å². The first-order valence-corrected chi connectivity index (χ1v) is 13.3. The second-order valence-electron chi connectivity index (χ2n) is 7.71. The Morgan fingerprint density at radius 1 is 1.13 bits per heavy atom. The lowest BCUT2D eigenvalue weighted by molar-refractivity contribution is -0.203. The summed E-state index contributed by atoms with van der Waals surface area (Å²) in [6.07, 6.45) is -6.20. The van der Waals surface area contributed by atoms with Gasteiger partial charge in [-0.05, 0) is 41.5 Å². The van der Waals surface area contributed by atoms with Crippen molar-refractivity contribution in [1.82, 2.24) is 35.2 Å². The molecular formula is C18H16F3N9O6S2. The number of nitrogens with two attached hydrogens (primary N) is 2. The number of aromatic nitrogens is 7. The number of sulfonamides is 1. The number of fused-ring (bicyclic) bond motifs is 1. The Labute approximate surface area is 211 Å². The molecule has 0 aliphatic carbocycles. The van der Waals surface area contributed by atoms with Crippen LogP contribution in [0.15, 0.2) is 40.3 Å². The Morgan fingerprint density at radius 2 is 1.84 bits per heavy atom. The maximum atomic E-state index is 13.1. The monoisotopic (exact) mass is 575 g/mol. The predicted molar refractivity (Wildman–Crippen MR) is 120 cm³/mol. The summed E-state index contributed by atoms with van der Waals surface area (Å²) < 4.78 is 94.8. The number of benzene rings is 1. The molecule has 3 aromatic heterocycles. The third-order valence-corrected chi connectivity index (χ3v) is 7.97. The van der Waals surface area contributed by atoms with Crippen LogP contribution in [0.25, 0.3) is 28.2 Å². The van der Waals surface area contributed by atoms with Crippen LogP contribution < -0.4 is 10.9 Å². The lowest BCUT2D eigenvalue weighted by atomic mass is 10.0. The van der Waals surface area contributed by atoms with Crippen LogP contribution >= 0.6 is 0 Å². The maximum absolute atomic E-state index is 13.1. The van der Waals surface area contributed by atoms with Gasteiger partial charge in [-0.3, -0.25) is 10.1 Å². The summed E-state index contributed by atoms with van der Waals surface area (Å²) in [4.78, 5) is 9.14. The molecule has 0 saturated heterocycles. The van der Waals surface area contributed by atoms with Crippen LogP contribution in [0.4, 0.5) is 13.2 Å². The van der Waals surface area contributed by atoms with E-state index in [1.807, 2.05) is 0 Å². The summed E-state index contributed by atoms with van der Waals surface area (Å²) in [7, 11) is -9.74. The molecule has 4 aromatic rings. The average Bonchev–Trinajstić information content (AvgIpc) is 3.46. The van der Waals surface area contributed by atoms with Crippen LogP contribution in [0.3, 0.4) is 0 Å². The highest BCUT2D eigenvalue weighted by molar-refractivity contribution is 7.93. The highest BCUT2D eigenvalue weighted by Gasteiger charge is 2.43. The van der Waals surface area contributed by atoms with Crippen molar-refractivity contribution in [2.45, 2.75) is 29.1 Å². The summed E-state index contributed by atoms with van der Waals surface area (Å²) in [5.41, 5.74) is 5.82. The number of alkyl halides is 3. The highest BCUT2D eigenvalue weighted by Crippen LogP contribution is 2.39. The molecule has 20 heteroatoms. The number of tetrazole rings is 1. The number of pyridine rings is 1. The minimum absolute atomic E-state index is 0.0946. The van der Waals surface area contributed by atoms with Crippen molar-refractivity contribution in [3.8, 4) is 22.5 Å². The molecule has 0 aliphatic rings. The zero-order chi connectivity index (χ0) is 28.0. The van der Waals surface area contributed by atoms with E-state index in [-0.39, 0.29) is 17.0 Å². The number of H-pyrrole nitrogens is 1. The van der Waals surface area contributed by atoms with E-state index in [0.29, 0.717) is 17.0 Å². The van der Waals surface area contributed by atoms with E-state index in [2.05, 4.69) is 35.6 Å². The van der Waals surface area contributed by atoms with Gasteiger partial charge >= 0.3 is 12.1 Å². The third-order valence-electron chi connectivity index (χ3n) is 5.07. The van der Waals surface area contributed by atoms with Gasteiger partial charge in [0.2, 0.25) is 15.8 Å². The number of ether oxygens (including phenoxy) is 1. The van der Waals surface area contributed by atoms with Crippen LogP contribution in [0.5, 0.6) is 0 Å². The first-order chi connectivity index (χ1) is 17.6. The number of primary sulfonamides is 1. The lowest BCUT2D eigenvalue weighted by Crippen LogP contribution is -2.39. The number of halogens is 3. The van der Waals surface area contributed by atoms with Crippen molar-refractivity contribution >= 4 is 31.5 Å². The van der Waals surface area contributed by atoms with E-state index in [0.717, 1.165) is 6.07 Å². The summed E-state index contributed by atoms with van der Waals surface area (Å²) in [6.45, 7) is 1.66. The molecule has 202 valence electrons. The zero-order valence-electron chi connectivity index (χ0n) is 18.9. The van der Waals surface area contributed by atoms with Gasteiger partial charge < -0.3 is 4.74 Å². The summed E-state index contributed by atoms with van der Waals surface area (Å²) in [6, 6.07) is 5.18. The first-order valence-electron chi connectivity index (χ1n) is 10.1. The van der Waals surface area contributed by atoms with Crippen molar-refractivity contribution < 1.29 is 39.5 Å². The Bertz CT molecular complexity index is 1750. The Balaban J connectivity index is 1.92. The SMILES string of the molecule is Cc1nnc2ccc(-c3ccc(S(=O)(=O)CC(N)OC(=O)C(F)(F)F)c(S(N)(=O)=O)c3-c3nn[nH]n3)cn12. The lowest BCUT2D eigenvalue weighted by Gasteiger charge is -2.18. The molecule has 1 unspecified atom stereocenters. The van der Waals surface area contributed by atoms with Gasteiger partial charge in [0.15, 0.2) is 21.7 Å². The van der Waals surface area contributed by atoms with Crippen LogP contribution in [-0.2, 0) is 29.4 Å². The van der Waals surface area contributed by atoms with Crippen molar-refractivity contribution in [2.75, 3.05) is 5.75 Å². The maximum Gasteiger partial charge on any atom is 0.490 e. The molecule has 1 aromatic carbocycles. The summed E-state index contributed by atoms with van der Waals surface area (Å²) in [5, 5.41) is 26.3. The van der Waals surface area contributed by atoms with E-state index in [1.54, 1.807) is 17.4 Å². The number of aryl methyl sites for hydroxylation is 1. The molecule has 0 bridgehead atoms. The molecule has 4 rings (SSSR count). The molecule has 38 heavy (non-hydrogen) atoms. The van der Waals surface area contributed by atoms with Crippen molar-refractivity contribution in [3.05, 3.63) is 36.3 Å². The quantitative estimate of drug-likeness (QED) is 0.190. The van der Waals surface area contributed by atoms with E-state index in [1.165, 1.54) is 18.3 Å². The van der Waals surface area contributed by atoms with Gasteiger partial charge in [-0.1, -0.05) is 6.07 Å². The van der Waals surface area contributed by atoms with E-state index >= 15 is 0 Å². The minimum atomic E-state index is -5.44. The highest BCUT2D eigenvalue weighted by atomic mass is 32.2. The van der Waals surface area contributed by atoms with Gasteiger partial charge in [-0.2, -0.15) is 18.4 Å². The third kappa shape index (κ3) is 5.18. The largest absolute Gasteiger partial charge is 0.490 e. The normalized spacial score (nSPS) is 13.5. The van der Waals surface area contributed by atoms with E-state index < -0.39 is 53.8 Å². The molecule has 0 aliphatic heterocycles. The molecule has 0 spiro atoms. The number of aromatic amines is 1. The average molecular weight is 576 g/mol. The molecule has 1 atom stereocenters. The number of rotatable bonds is 7. The first kappa shape index (κ1) is 27.0. The fourth-order valence-electron chi connectivity index (χ4n) is 3.53. The second-order valence-corrected chi connectivity index (χ2v) is 11.2. The number of hydrogen-bond donors (Lipinski definition) is 3. The molecule has 0 radical (unpaired) electrons. The molecule has 15 nitrogen and oxygen atoms in total. The molecular weight excluding hydrogens is 559 g/mol. The van der Waals surface area contributed by atoms with Crippen LogP contribution in [-0.4, -0.2) is 76.2 Å². The van der Waals surface area contributed by atoms with Gasteiger partial charge in [0.1, 0.15) is 16.5 Å². The number of nitrogens with zero attached hydrogens (tertiary/aromatic N) is 6. The summed E-state index contributed by atoms with van der Waals surface area (Å²) >= 11 is 0. The van der Waals surface area contributed by atoms with Gasteiger partial charge in [0, 0.05) is 6.20 Å². The van der Waals surface area contributed by atoms with Gasteiger partial charge in [-0.25, -0.2) is 26.8 Å². The number of carbonyl (C=O) groups is 1. The molecule has 0 fully saturated rings. The van der Waals surface area contributed by atoms with Gasteiger partial charge in [-0.15, -0.1) is 20.4 Å². The van der Waals surface area contributed by atoms with Crippen molar-refractivity contribution in [1.29, 1.82) is 0 Å². The smallest absolute Gasteiger partial charge is 0.439 e. The fraction of sp³-hybridized carbons (Fsp3) is 0.222. The Hall–Kier alpha value is -4.01. The second kappa shape index (κ2) is 9.38. The number of esters is 1.